The Morgan fingerprint density at radius 2 is 1.93 bits per heavy atom. The molecule has 1 amide bonds. The van der Waals surface area contributed by atoms with Crippen molar-refractivity contribution in [2.24, 2.45) is 0 Å². The standard InChI is InChI=1S/C23H25N5O2/c1-27(2)22-25-15-17-8-14-30-23(20(17)26-22)9-12-28(13-10-23)21(29)18-7-3-5-16-6-4-11-24-19(16)18/h3-7,11,15H,8-10,12-14H2,1-2H3. The van der Waals surface area contributed by atoms with Crippen LogP contribution in [0.4, 0.5) is 5.95 Å². The highest BCUT2D eigenvalue weighted by Gasteiger charge is 2.43. The van der Waals surface area contributed by atoms with Gasteiger partial charge in [-0.3, -0.25) is 9.78 Å². The molecule has 0 aliphatic carbocycles. The molecule has 1 fully saturated rings. The number of aromatic nitrogens is 3. The maximum absolute atomic E-state index is 13.3. The number of anilines is 1. The Morgan fingerprint density at radius 3 is 2.73 bits per heavy atom. The molecule has 4 heterocycles. The maximum Gasteiger partial charge on any atom is 0.256 e. The van der Waals surface area contributed by atoms with E-state index in [9.17, 15) is 4.79 Å². The van der Waals surface area contributed by atoms with Crippen molar-refractivity contribution in [3.8, 4) is 0 Å². The summed E-state index contributed by atoms with van der Waals surface area (Å²) in [5.74, 6) is 0.723. The SMILES string of the molecule is CN(C)c1ncc2c(n1)C1(CCN(C(=O)c3cccc4cccnc34)CC1)OCC2. The zero-order chi connectivity index (χ0) is 20.7. The molecule has 0 unspecified atom stereocenters. The summed E-state index contributed by atoms with van der Waals surface area (Å²) in [7, 11) is 3.88. The number of ether oxygens (including phenoxy) is 1. The molecule has 1 spiro atoms. The zero-order valence-corrected chi connectivity index (χ0v) is 17.3. The molecular weight excluding hydrogens is 378 g/mol. The molecule has 7 heteroatoms. The van der Waals surface area contributed by atoms with Crippen LogP contribution in [0.25, 0.3) is 10.9 Å². The van der Waals surface area contributed by atoms with E-state index in [1.54, 1.807) is 6.20 Å². The molecule has 3 aromatic rings. The van der Waals surface area contributed by atoms with E-state index in [0.717, 1.165) is 41.4 Å². The van der Waals surface area contributed by atoms with E-state index >= 15 is 0 Å². The minimum absolute atomic E-state index is 0.0295. The van der Waals surface area contributed by atoms with Crippen molar-refractivity contribution in [3.05, 3.63) is 59.5 Å². The number of pyridine rings is 1. The first-order valence-corrected chi connectivity index (χ1v) is 10.4. The molecule has 1 saturated heterocycles. The van der Waals surface area contributed by atoms with Gasteiger partial charge in [-0.15, -0.1) is 0 Å². The highest BCUT2D eigenvalue weighted by atomic mass is 16.5. The number of carbonyl (C=O) groups excluding carboxylic acids is 1. The number of carbonyl (C=O) groups is 1. The van der Waals surface area contributed by atoms with Crippen LogP contribution in [-0.4, -0.2) is 59.6 Å². The Kier molecular flexibility index (Phi) is 4.62. The zero-order valence-electron chi connectivity index (χ0n) is 17.3. The largest absolute Gasteiger partial charge is 0.368 e. The third kappa shape index (κ3) is 3.10. The molecule has 0 radical (unpaired) electrons. The van der Waals surface area contributed by atoms with Crippen molar-refractivity contribution in [1.82, 2.24) is 19.9 Å². The Hall–Kier alpha value is -3.06. The second-order valence-electron chi connectivity index (χ2n) is 8.20. The van der Waals surface area contributed by atoms with Crippen LogP contribution in [0.15, 0.2) is 42.7 Å². The highest BCUT2D eigenvalue weighted by Crippen LogP contribution is 2.41. The summed E-state index contributed by atoms with van der Waals surface area (Å²) in [4.78, 5) is 30.9. The van der Waals surface area contributed by atoms with Gasteiger partial charge in [0, 0.05) is 45.0 Å². The lowest BCUT2D eigenvalue weighted by atomic mass is 9.83. The number of fused-ring (bicyclic) bond motifs is 3. The summed E-state index contributed by atoms with van der Waals surface area (Å²) in [5.41, 5.74) is 3.13. The average molecular weight is 403 g/mol. The summed E-state index contributed by atoms with van der Waals surface area (Å²) in [6.07, 6.45) is 5.96. The first kappa shape index (κ1) is 18.9. The minimum Gasteiger partial charge on any atom is -0.368 e. The van der Waals surface area contributed by atoms with Crippen molar-refractivity contribution >= 4 is 22.8 Å². The predicted molar refractivity (Wildman–Crippen MR) is 115 cm³/mol. The first-order chi connectivity index (χ1) is 14.6. The van der Waals surface area contributed by atoms with Gasteiger partial charge in [0.2, 0.25) is 5.95 Å². The van der Waals surface area contributed by atoms with E-state index in [-0.39, 0.29) is 5.91 Å². The van der Waals surface area contributed by atoms with Crippen LogP contribution in [-0.2, 0) is 16.8 Å². The van der Waals surface area contributed by atoms with E-state index in [4.69, 9.17) is 9.72 Å². The molecule has 0 bridgehead atoms. The summed E-state index contributed by atoms with van der Waals surface area (Å²) in [6.45, 7) is 1.92. The first-order valence-electron chi connectivity index (χ1n) is 10.4. The van der Waals surface area contributed by atoms with Gasteiger partial charge in [-0.2, -0.15) is 0 Å². The molecule has 2 aromatic heterocycles. The van der Waals surface area contributed by atoms with E-state index in [2.05, 4.69) is 9.97 Å². The highest BCUT2D eigenvalue weighted by molar-refractivity contribution is 6.05. The van der Waals surface area contributed by atoms with Gasteiger partial charge in [0.05, 0.1) is 23.4 Å². The van der Waals surface area contributed by atoms with Gasteiger partial charge in [-0.25, -0.2) is 9.97 Å². The number of amides is 1. The molecule has 30 heavy (non-hydrogen) atoms. The molecule has 5 rings (SSSR count). The Balaban J connectivity index is 1.41. The van der Waals surface area contributed by atoms with Crippen LogP contribution >= 0.6 is 0 Å². The molecule has 1 aromatic carbocycles. The van der Waals surface area contributed by atoms with Crippen LogP contribution in [0.3, 0.4) is 0 Å². The lowest BCUT2D eigenvalue weighted by Gasteiger charge is -2.44. The van der Waals surface area contributed by atoms with E-state index in [1.807, 2.05) is 60.4 Å². The molecule has 154 valence electrons. The van der Waals surface area contributed by atoms with E-state index in [0.29, 0.717) is 31.2 Å². The fourth-order valence-electron chi connectivity index (χ4n) is 4.51. The third-order valence-electron chi connectivity index (χ3n) is 6.15. The lowest BCUT2D eigenvalue weighted by Crippen LogP contribution is -2.49. The van der Waals surface area contributed by atoms with Crippen LogP contribution in [0.1, 0.15) is 34.5 Å². The number of piperidine rings is 1. The number of benzene rings is 1. The van der Waals surface area contributed by atoms with Gasteiger partial charge < -0.3 is 14.5 Å². The molecule has 7 nitrogen and oxygen atoms in total. The van der Waals surface area contributed by atoms with E-state index in [1.165, 1.54) is 0 Å². The molecule has 2 aliphatic heterocycles. The van der Waals surface area contributed by atoms with Crippen molar-refractivity contribution in [2.45, 2.75) is 24.9 Å². The fourth-order valence-corrected chi connectivity index (χ4v) is 4.51. The predicted octanol–water partition coefficient (Wildman–Crippen LogP) is 2.80. The van der Waals surface area contributed by atoms with Crippen LogP contribution in [0.2, 0.25) is 0 Å². The lowest BCUT2D eigenvalue weighted by molar-refractivity contribution is -0.0966. The van der Waals surface area contributed by atoms with Crippen LogP contribution in [0, 0.1) is 0 Å². The topological polar surface area (TPSA) is 71.5 Å². The van der Waals surface area contributed by atoms with Crippen molar-refractivity contribution in [2.75, 3.05) is 38.7 Å². The maximum atomic E-state index is 13.3. The van der Waals surface area contributed by atoms with Gasteiger partial charge in [-0.1, -0.05) is 18.2 Å². The summed E-state index contributed by atoms with van der Waals surface area (Å²) in [6, 6.07) is 9.65. The normalized spacial score (nSPS) is 17.7. The quantitative estimate of drug-likeness (QED) is 0.655. The number of nitrogens with zero attached hydrogens (tertiary/aromatic N) is 5. The van der Waals surface area contributed by atoms with E-state index < -0.39 is 5.60 Å². The van der Waals surface area contributed by atoms with Crippen LogP contribution < -0.4 is 4.90 Å². The van der Waals surface area contributed by atoms with Gasteiger partial charge in [0.25, 0.3) is 5.91 Å². The number of hydrogen-bond acceptors (Lipinski definition) is 6. The van der Waals surface area contributed by atoms with Crippen molar-refractivity contribution < 1.29 is 9.53 Å². The smallest absolute Gasteiger partial charge is 0.256 e. The second kappa shape index (κ2) is 7.32. The number of hydrogen-bond donors (Lipinski definition) is 0. The molecule has 0 saturated carbocycles. The Morgan fingerprint density at radius 1 is 1.13 bits per heavy atom. The van der Waals surface area contributed by atoms with Crippen LogP contribution in [0.5, 0.6) is 0 Å². The monoisotopic (exact) mass is 403 g/mol. The molecule has 0 atom stereocenters. The van der Waals surface area contributed by atoms with Gasteiger partial charge in [0.1, 0.15) is 5.60 Å². The Labute approximate surface area is 175 Å². The van der Waals surface area contributed by atoms with Gasteiger partial charge >= 0.3 is 0 Å². The second-order valence-corrected chi connectivity index (χ2v) is 8.20. The number of likely N-dealkylation sites (tertiary alicyclic amines) is 1. The van der Waals surface area contributed by atoms with Gasteiger partial charge in [0.15, 0.2) is 0 Å². The summed E-state index contributed by atoms with van der Waals surface area (Å²) in [5, 5.41) is 0.981. The third-order valence-corrected chi connectivity index (χ3v) is 6.15. The number of rotatable bonds is 2. The number of para-hydroxylation sites is 1. The van der Waals surface area contributed by atoms with Gasteiger partial charge in [-0.05, 0) is 37.0 Å². The summed E-state index contributed by atoms with van der Waals surface area (Å²) < 4.78 is 6.31. The van der Waals surface area contributed by atoms with Crippen molar-refractivity contribution in [3.63, 3.8) is 0 Å². The molecule has 0 N–H and O–H groups in total. The molecular formula is C23H25N5O2. The average Bonchev–Trinajstić information content (AvgIpc) is 2.79. The minimum atomic E-state index is -0.435. The Bertz CT molecular complexity index is 1100. The summed E-state index contributed by atoms with van der Waals surface area (Å²) >= 11 is 0. The molecule has 2 aliphatic rings. The fraction of sp³-hybridized carbons (Fsp3) is 0.391. The van der Waals surface area contributed by atoms with Crippen molar-refractivity contribution in [1.29, 1.82) is 0 Å².